The molecule has 0 aliphatic carbocycles. The number of nitrogens with two attached hydrogens (primary N) is 1. The summed E-state index contributed by atoms with van der Waals surface area (Å²) in [6.07, 6.45) is 1.01. The lowest BCUT2D eigenvalue weighted by molar-refractivity contribution is 1.15. The number of rotatable bonds is 1. The Balaban J connectivity index is 2.72. The summed E-state index contributed by atoms with van der Waals surface area (Å²) < 4.78 is 2.61. The van der Waals surface area contributed by atoms with E-state index < -0.39 is 0 Å². The van der Waals surface area contributed by atoms with E-state index in [2.05, 4.69) is 47.7 Å². The summed E-state index contributed by atoms with van der Waals surface area (Å²) in [4.78, 5) is 0. The maximum atomic E-state index is 5.91. The van der Waals surface area contributed by atoms with Crippen LogP contribution in [0.25, 0.3) is 10.1 Å². The van der Waals surface area contributed by atoms with Crippen LogP contribution in [0.4, 0.5) is 5.69 Å². The zero-order valence-electron chi connectivity index (χ0n) is 7.30. The average Bonchev–Trinajstić information content (AvgIpc) is 2.42. The number of nitrogen functional groups attached to an aromatic ring is 1. The van der Waals surface area contributed by atoms with Crippen LogP contribution in [0.3, 0.4) is 0 Å². The molecule has 0 bridgehead atoms. The van der Waals surface area contributed by atoms with E-state index in [1.54, 1.807) is 11.3 Å². The summed E-state index contributed by atoms with van der Waals surface area (Å²) in [6.45, 7) is 2.13. The Morgan fingerprint density at radius 1 is 1.38 bits per heavy atom. The number of aryl methyl sites for hydroxylation is 1. The summed E-state index contributed by atoms with van der Waals surface area (Å²) in [5.41, 5.74) is 8.09. The summed E-state index contributed by atoms with van der Waals surface area (Å²) in [5.74, 6) is 0. The molecule has 0 atom stereocenters. The van der Waals surface area contributed by atoms with Gasteiger partial charge in [0.1, 0.15) is 0 Å². The van der Waals surface area contributed by atoms with Crippen molar-refractivity contribution in [2.75, 3.05) is 5.73 Å². The van der Waals surface area contributed by atoms with Gasteiger partial charge >= 0.3 is 0 Å². The largest absolute Gasteiger partial charge is 0.398 e. The minimum absolute atomic E-state index is 0.924. The zero-order chi connectivity index (χ0) is 9.42. The van der Waals surface area contributed by atoms with Gasteiger partial charge in [-0.1, -0.05) is 6.92 Å². The van der Waals surface area contributed by atoms with Crippen LogP contribution in [0.2, 0.25) is 0 Å². The highest BCUT2D eigenvalue weighted by Gasteiger charge is 2.03. The second-order valence-electron chi connectivity index (χ2n) is 2.99. The van der Waals surface area contributed by atoms with Gasteiger partial charge in [0, 0.05) is 10.4 Å². The molecule has 1 nitrogen and oxygen atoms in total. The van der Waals surface area contributed by atoms with Crippen LogP contribution >= 0.6 is 33.9 Å². The lowest BCUT2D eigenvalue weighted by Crippen LogP contribution is -1.91. The van der Waals surface area contributed by atoms with Gasteiger partial charge < -0.3 is 5.73 Å². The molecule has 0 aliphatic heterocycles. The fraction of sp³-hybridized carbons (Fsp3) is 0.200. The number of thiophene rings is 1. The number of hydrogen-bond donors (Lipinski definition) is 1. The van der Waals surface area contributed by atoms with Gasteiger partial charge in [0.05, 0.1) is 2.88 Å². The van der Waals surface area contributed by atoms with Crippen LogP contribution in [-0.4, -0.2) is 0 Å². The van der Waals surface area contributed by atoms with Crippen molar-refractivity contribution in [3.8, 4) is 0 Å². The Hall–Kier alpha value is -0.290. The van der Waals surface area contributed by atoms with Gasteiger partial charge in [-0.15, -0.1) is 11.3 Å². The standard InChI is InChI=1S/C10H10INS/c1-2-6-3-7-4-10(11)13-9(7)5-8(6)12/h3-5H,2,12H2,1H3. The highest BCUT2D eigenvalue weighted by molar-refractivity contribution is 14.1. The lowest BCUT2D eigenvalue weighted by Gasteiger charge is -2.01. The Kier molecular flexibility index (Phi) is 2.47. The molecule has 0 amide bonds. The van der Waals surface area contributed by atoms with Crippen molar-refractivity contribution in [1.82, 2.24) is 0 Å². The quantitative estimate of drug-likeness (QED) is 0.631. The first-order valence-corrected chi connectivity index (χ1v) is 6.07. The van der Waals surface area contributed by atoms with Crippen LogP contribution in [0.1, 0.15) is 12.5 Å². The number of anilines is 1. The van der Waals surface area contributed by atoms with Gasteiger partial charge in [0.15, 0.2) is 0 Å². The third kappa shape index (κ3) is 1.67. The molecule has 0 spiro atoms. The molecule has 2 rings (SSSR count). The topological polar surface area (TPSA) is 26.0 Å². The molecule has 1 heterocycles. The third-order valence-corrected chi connectivity index (χ3v) is 3.99. The van der Waals surface area contributed by atoms with E-state index >= 15 is 0 Å². The van der Waals surface area contributed by atoms with Gasteiger partial charge in [-0.25, -0.2) is 0 Å². The minimum atomic E-state index is 0.924. The first-order valence-electron chi connectivity index (χ1n) is 4.18. The van der Waals surface area contributed by atoms with E-state index in [1.807, 2.05) is 0 Å². The second kappa shape index (κ2) is 3.46. The van der Waals surface area contributed by atoms with Gasteiger partial charge in [-0.05, 0) is 58.2 Å². The van der Waals surface area contributed by atoms with Crippen molar-refractivity contribution in [3.63, 3.8) is 0 Å². The second-order valence-corrected chi connectivity index (χ2v) is 5.97. The van der Waals surface area contributed by atoms with Crippen molar-refractivity contribution < 1.29 is 0 Å². The summed E-state index contributed by atoms with van der Waals surface area (Å²) in [7, 11) is 0. The maximum absolute atomic E-state index is 5.91. The van der Waals surface area contributed by atoms with E-state index in [4.69, 9.17) is 5.73 Å². The minimum Gasteiger partial charge on any atom is -0.398 e. The lowest BCUT2D eigenvalue weighted by atomic mass is 10.1. The van der Waals surface area contributed by atoms with Crippen molar-refractivity contribution >= 4 is 49.7 Å². The molecule has 0 unspecified atom stereocenters. The molecular formula is C10H10INS. The number of benzene rings is 1. The molecule has 0 aliphatic rings. The molecule has 0 radical (unpaired) electrons. The first kappa shape index (κ1) is 9.27. The normalized spacial score (nSPS) is 10.9. The van der Waals surface area contributed by atoms with Crippen LogP contribution in [0.5, 0.6) is 0 Å². The predicted octanol–water partition coefficient (Wildman–Crippen LogP) is 3.65. The molecule has 2 aromatic rings. The Labute approximate surface area is 95.1 Å². The average molecular weight is 303 g/mol. The van der Waals surface area contributed by atoms with Crippen molar-refractivity contribution in [2.45, 2.75) is 13.3 Å². The molecule has 2 N–H and O–H groups in total. The van der Waals surface area contributed by atoms with Crippen molar-refractivity contribution in [1.29, 1.82) is 0 Å². The smallest absolute Gasteiger partial charge is 0.0666 e. The molecule has 68 valence electrons. The molecule has 0 saturated heterocycles. The Bertz CT molecular complexity index is 447. The van der Waals surface area contributed by atoms with E-state index in [9.17, 15) is 0 Å². The third-order valence-electron chi connectivity index (χ3n) is 2.13. The molecule has 3 heteroatoms. The van der Waals surface area contributed by atoms with Crippen LogP contribution in [0.15, 0.2) is 18.2 Å². The number of hydrogen-bond acceptors (Lipinski definition) is 2. The summed E-state index contributed by atoms with van der Waals surface area (Å²) in [5, 5.41) is 1.32. The van der Waals surface area contributed by atoms with Gasteiger partial charge in [0.2, 0.25) is 0 Å². The molecule has 0 saturated carbocycles. The Morgan fingerprint density at radius 2 is 2.15 bits per heavy atom. The molecule has 1 aromatic carbocycles. The summed E-state index contributed by atoms with van der Waals surface area (Å²) in [6, 6.07) is 6.49. The highest BCUT2D eigenvalue weighted by atomic mass is 127. The van der Waals surface area contributed by atoms with E-state index in [1.165, 1.54) is 18.5 Å². The zero-order valence-corrected chi connectivity index (χ0v) is 10.3. The maximum Gasteiger partial charge on any atom is 0.0666 e. The van der Waals surface area contributed by atoms with Gasteiger partial charge in [-0.2, -0.15) is 0 Å². The highest BCUT2D eigenvalue weighted by Crippen LogP contribution is 2.30. The summed E-state index contributed by atoms with van der Waals surface area (Å²) >= 11 is 4.14. The van der Waals surface area contributed by atoms with Gasteiger partial charge in [0.25, 0.3) is 0 Å². The van der Waals surface area contributed by atoms with Crippen LogP contribution in [-0.2, 0) is 6.42 Å². The van der Waals surface area contributed by atoms with Crippen LogP contribution in [0, 0.1) is 2.88 Å². The molecular weight excluding hydrogens is 293 g/mol. The first-order chi connectivity index (χ1) is 6.20. The van der Waals surface area contributed by atoms with Crippen molar-refractivity contribution in [3.05, 3.63) is 26.6 Å². The Morgan fingerprint density at radius 3 is 2.85 bits per heavy atom. The monoisotopic (exact) mass is 303 g/mol. The number of halogens is 1. The van der Waals surface area contributed by atoms with E-state index in [0.717, 1.165) is 12.1 Å². The fourth-order valence-electron chi connectivity index (χ4n) is 1.42. The van der Waals surface area contributed by atoms with Crippen molar-refractivity contribution in [2.24, 2.45) is 0 Å². The number of fused-ring (bicyclic) bond motifs is 1. The molecule has 1 aromatic heterocycles. The molecule has 0 fully saturated rings. The SMILES string of the molecule is CCc1cc2cc(I)sc2cc1N. The van der Waals surface area contributed by atoms with E-state index in [-0.39, 0.29) is 0 Å². The van der Waals surface area contributed by atoms with Gasteiger partial charge in [-0.3, -0.25) is 0 Å². The molecule has 13 heavy (non-hydrogen) atoms. The fourth-order valence-corrected chi connectivity index (χ4v) is 3.29. The van der Waals surface area contributed by atoms with E-state index in [0.29, 0.717) is 0 Å². The predicted molar refractivity (Wildman–Crippen MR) is 68.3 cm³/mol. The van der Waals surface area contributed by atoms with Crippen LogP contribution < -0.4 is 5.73 Å².